The Balaban J connectivity index is 1.32. The maximum absolute atomic E-state index is 13.1. The minimum atomic E-state index is -4.43. The number of aryl methyl sites for hydroxylation is 1. The van der Waals surface area contributed by atoms with E-state index in [4.69, 9.17) is 4.74 Å². The van der Waals surface area contributed by atoms with Crippen LogP contribution in [0.2, 0.25) is 0 Å². The molecule has 182 valence electrons. The summed E-state index contributed by atoms with van der Waals surface area (Å²) in [4.78, 5) is 7.08. The maximum Gasteiger partial charge on any atom is 0.416 e. The Bertz CT molecular complexity index is 1140. The topological polar surface area (TPSA) is 56.1 Å². The van der Waals surface area contributed by atoms with Gasteiger partial charge in [0.2, 0.25) is 0 Å². The van der Waals surface area contributed by atoms with Crippen molar-refractivity contribution in [2.75, 3.05) is 18.0 Å². The Morgan fingerprint density at radius 3 is 2.50 bits per heavy atom. The molecule has 2 aliphatic rings. The van der Waals surface area contributed by atoms with Crippen LogP contribution in [-0.4, -0.2) is 32.2 Å². The number of fused-ring (bicyclic) bond motifs is 2. The Morgan fingerprint density at radius 2 is 1.88 bits per heavy atom. The number of alkyl halides is 3. The van der Waals surface area contributed by atoms with E-state index in [9.17, 15) is 13.2 Å². The molecule has 10 heteroatoms. The van der Waals surface area contributed by atoms with Gasteiger partial charge in [-0.15, -0.1) is 0 Å². The van der Waals surface area contributed by atoms with Crippen molar-refractivity contribution in [3.8, 4) is 11.8 Å². The lowest BCUT2D eigenvalue weighted by Crippen LogP contribution is -2.42. The van der Waals surface area contributed by atoms with Gasteiger partial charge in [0.25, 0.3) is 0 Å². The van der Waals surface area contributed by atoms with Crippen LogP contribution in [0.1, 0.15) is 49.8 Å². The minimum absolute atomic E-state index is 0.0322. The minimum Gasteiger partial charge on any atom is -0.424 e. The summed E-state index contributed by atoms with van der Waals surface area (Å²) in [5.74, 6) is 2.43. The van der Waals surface area contributed by atoms with Gasteiger partial charge in [0.15, 0.2) is 5.82 Å². The van der Waals surface area contributed by atoms with Gasteiger partial charge in [0, 0.05) is 19.5 Å². The molecule has 5 rings (SSSR count). The molecule has 1 aliphatic heterocycles. The molecule has 6 nitrogen and oxygen atoms in total. The first-order valence-corrected chi connectivity index (χ1v) is 12.4. The molecule has 2 aromatic heterocycles. The van der Waals surface area contributed by atoms with Crippen molar-refractivity contribution in [2.45, 2.75) is 52.3 Å². The van der Waals surface area contributed by atoms with Crippen LogP contribution in [0.4, 0.5) is 18.2 Å². The molecule has 2 bridgehead atoms. The molecule has 0 amide bonds. The summed E-state index contributed by atoms with van der Waals surface area (Å²) >= 11 is 1.57. The van der Waals surface area contributed by atoms with E-state index in [1.165, 1.54) is 30.0 Å². The molecule has 34 heavy (non-hydrogen) atoms. The third-order valence-corrected chi connectivity index (χ3v) is 7.82. The first-order valence-electron chi connectivity index (χ1n) is 11.7. The third-order valence-electron chi connectivity index (χ3n) is 6.88. The predicted octanol–water partition coefficient (Wildman–Crippen LogP) is 6.14. The van der Waals surface area contributed by atoms with E-state index in [0.717, 1.165) is 37.3 Å². The molecule has 1 aliphatic carbocycles. The number of hydrogen-bond donors (Lipinski definition) is 0. The molecular weight excluding hydrogens is 463 g/mol. The van der Waals surface area contributed by atoms with E-state index in [0.29, 0.717) is 23.6 Å². The average molecular weight is 492 g/mol. The Labute approximate surface area is 200 Å². The zero-order chi connectivity index (χ0) is 24.0. The summed E-state index contributed by atoms with van der Waals surface area (Å²) in [6.07, 6.45) is -1.28. The molecule has 3 atom stereocenters. The van der Waals surface area contributed by atoms with Crippen molar-refractivity contribution in [1.82, 2.24) is 19.1 Å². The van der Waals surface area contributed by atoms with Crippen molar-refractivity contribution >= 4 is 16.5 Å². The highest BCUT2D eigenvalue weighted by molar-refractivity contribution is 7.10. The lowest BCUT2D eigenvalue weighted by atomic mass is 9.82. The van der Waals surface area contributed by atoms with Crippen molar-refractivity contribution < 1.29 is 17.9 Å². The summed E-state index contributed by atoms with van der Waals surface area (Å²) < 4.78 is 51.2. The van der Waals surface area contributed by atoms with Gasteiger partial charge in [0.05, 0.1) is 17.3 Å². The molecule has 1 aromatic carbocycles. The fraction of sp³-hybridized carbons (Fsp3) is 0.542. The summed E-state index contributed by atoms with van der Waals surface area (Å²) in [7, 11) is 0. The standard InChI is InChI=1S/C24H28F3N5OS/c1-14(2)32-23(33-19-6-4-5-18(10-19)24(25,26)27)28-21(29-32)11-20-16-7-8-17(20)13-31(12-16)22-9-15(3)30-34-22/h4-6,9-10,14,16-17,20H,7-8,11-13H2,1-3H3/t16-,17+,20?. The van der Waals surface area contributed by atoms with Crippen molar-refractivity contribution in [3.63, 3.8) is 0 Å². The summed E-state index contributed by atoms with van der Waals surface area (Å²) in [5, 5.41) is 5.93. The van der Waals surface area contributed by atoms with E-state index >= 15 is 0 Å². The molecule has 1 saturated heterocycles. The molecule has 0 spiro atoms. The van der Waals surface area contributed by atoms with Gasteiger partial charge in [0.1, 0.15) is 10.8 Å². The highest BCUT2D eigenvalue weighted by Gasteiger charge is 2.43. The third kappa shape index (κ3) is 4.64. The highest BCUT2D eigenvalue weighted by Crippen LogP contribution is 2.45. The number of piperidine rings is 1. The fourth-order valence-electron chi connectivity index (χ4n) is 5.24. The highest BCUT2D eigenvalue weighted by atomic mass is 32.1. The molecule has 3 heterocycles. The van der Waals surface area contributed by atoms with Crippen LogP contribution in [0.5, 0.6) is 11.8 Å². The van der Waals surface area contributed by atoms with Gasteiger partial charge < -0.3 is 9.64 Å². The van der Waals surface area contributed by atoms with Crippen LogP contribution in [0, 0.1) is 24.7 Å². The fourth-order valence-corrected chi connectivity index (χ4v) is 6.02. The van der Waals surface area contributed by atoms with Gasteiger partial charge in [-0.1, -0.05) is 6.07 Å². The lowest BCUT2D eigenvalue weighted by molar-refractivity contribution is -0.137. The van der Waals surface area contributed by atoms with Gasteiger partial charge in [-0.2, -0.15) is 27.6 Å². The van der Waals surface area contributed by atoms with Gasteiger partial charge in [-0.05, 0) is 87.2 Å². The molecule has 3 aromatic rings. The van der Waals surface area contributed by atoms with Crippen molar-refractivity contribution in [2.24, 2.45) is 17.8 Å². The Kier molecular flexibility index (Phi) is 6.03. The Morgan fingerprint density at radius 1 is 1.15 bits per heavy atom. The largest absolute Gasteiger partial charge is 0.424 e. The second-order valence-electron chi connectivity index (χ2n) is 9.65. The number of ether oxygens (including phenoxy) is 1. The number of benzene rings is 1. The number of hydrogen-bond acceptors (Lipinski definition) is 6. The second-order valence-corrected chi connectivity index (χ2v) is 10.4. The summed E-state index contributed by atoms with van der Waals surface area (Å²) in [6.45, 7) is 7.97. The second kappa shape index (κ2) is 8.87. The van der Waals surface area contributed by atoms with Gasteiger partial charge in [-0.3, -0.25) is 0 Å². The van der Waals surface area contributed by atoms with Crippen LogP contribution in [0.3, 0.4) is 0 Å². The summed E-state index contributed by atoms with van der Waals surface area (Å²) in [5.41, 5.74) is 0.312. The molecule has 0 radical (unpaired) electrons. The molecule has 2 fully saturated rings. The smallest absolute Gasteiger partial charge is 0.416 e. The zero-order valence-corrected chi connectivity index (χ0v) is 20.2. The summed E-state index contributed by atoms with van der Waals surface area (Å²) in [6, 6.07) is 7.23. The number of halogens is 3. The SMILES string of the molecule is Cc1cc(N2C[C@H]3CC[C@@H](C2)C3Cc2nc(Oc3cccc(C(F)(F)F)c3)n(C(C)C)n2)sn1. The van der Waals surface area contributed by atoms with Crippen LogP contribution < -0.4 is 9.64 Å². The molecule has 1 unspecified atom stereocenters. The van der Waals surface area contributed by atoms with Gasteiger partial charge in [-0.25, -0.2) is 4.68 Å². The number of nitrogens with zero attached hydrogens (tertiary/aromatic N) is 5. The first kappa shape index (κ1) is 23.1. The van der Waals surface area contributed by atoms with Crippen LogP contribution in [0.25, 0.3) is 0 Å². The number of anilines is 1. The first-order chi connectivity index (χ1) is 16.2. The molecule has 0 N–H and O–H groups in total. The predicted molar refractivity (Wildman–Crippen MR) is 124 cm³/mol. The van der Waals surface area contributed by atoms with Crippen molar-refractivity contribution in [1.29, 1.82) is 0 Å². The lowest BCUT2D eigenvalue weighted by Gasteiger charge is -2.38. The normalized spacial score (nSPS) is 22.6. The van der Waals surface area contributed by atoms with E-state index < -0.39 is 11.7 Å². The Hall–Kier alpha value is -2.62. The van der Waals surface area contributed by atoms with Crippen LogP contribution in [0.15, 0.2) is 30.3 Å². The quantitative estimate of drug-likeness (QED) is 0.415. The molecule has 1 saturated carbocycles. The van der Waals surface area contributed by atoms with Crippen molar-refractivity contribution in [3.05, 3.63) is 47.4 Å². The van der Waals surface area contributed by atoms with Crippen LogP contribution >= 0.6 is 11.5 Å². The van der Waals surface area contributed by atoms with E-state index in [-0.39, 0.29) is 17.8 Å². The van der Waals surface area contributed by atoms with E-state index in [1.54, 1.807) is 16.2 Å². The van der Waals surface area contributed by atoms with Crippen LogP contribution in [-0.2, 0) is 12.6 Å². The monoisotopic (exact) mass is 491 g/mol. The van der Waals surface area contributed by atoms with E-state index in [1.807, 2.05) is 20.8 Å². The zero-order valence-electron chi connectivity index (χ0n) is 19.4. The number of aromatic nitrogens is 4. The van der Waals surface area contributed by atoms with Gasteiger partial charge >= 0.3 is 12.2 Å². The van der Waals surface area contributed by atoms with E-state index in [2.05, 4.69) is 25.4 Å². The molecular formula is C24H28F3N5OS. The maximum atomic E-state index is 13.1. The number of rotatable bonds is 6. The average Bonchev–Trinajstić information content (AvgIpc) is 3.44.